The Bertz CT molecular complexity index is 581. The monoisotopic (exact) mass is 464 g/mol. The first-order chi connectivity index (χ1) is 13.7. The Labute approximate surface area is 195 Å². The van der Waals surface area contributed by atoms with Crippen molar-refractivity contribution in [2.75, 3.05) is 47.5 Å². The van der Waals surface area contributed by atoms with Crippen LogP contribution >= 0.6 is 24.8 Å². The molecule has 0 amide bonds. The van der Waals surface area contributed by atoms with Crippen LogP contribution in [0.15, 0.2) is 6.20 Å². The molecule has 0 aromatic carbocycles. The van der Waals surface area contributed by atoms with E-state index in [4.69, 9.17) is 14.6 Å². The van der Waals surface area contributed by atoms with Crippen LogP contribution in [0.1, 0.15) is 68.5 Å². The van der Waals surface area contributed by atoms with Crippen LogP contribution < -0.4 is 5.32 Å². The minimum Gasteiger partial charge on any atom is -0.385 e. The number of nitrogens with one attached hydrogen (secondary N) is 2. The van der Waals surface area contributed by atoms with E-state index >= 15 is 0 Å². The molecule has 0 saturated heterocycles. The number of hydrogen-bond donors (Lipinski definition) is 2. The van der Waals surface area contributed by atoms with Crippen molar-refractivity contribution in [3.8, 4) is 0 Å². The van der Waals surface area contributed by atoms with Crippen LogP contribution in [0.4, 0.5) is 0 Å². The molecule has 1 aromatic heterocycles. The molecule has 6 nitrogen and oxygen atoms in total. The molecule has 176 valence electrons. The average molecular weight is 466 g/mol. The topological polar surface area (TPSA) is 62.4 Å². The molecule has 2 saturated carbocycles. The van der Waals surface area contributed by atoms with E-state index in [1.807, 2.05) is 7.05 Å². The molecule has 30 heavy (non-hydrogen) atoms. The molecule has 2 N–H and O–H groups in total. The van der Waals surface area contributed by atoms with E-state index in [-0.39, 0.29) is 24.8 Å². The lowest BCUT2D eigenvalue weighted by Gasteiger charge is -2.44. The van der Waals surface area contributed by atoms with Crippen LogP contribution in [0.3, 0.4) is 0 Å². The fraction of sp³-hybridized carbons (Fsp3) is 0.864. The van der Waals surface area contributed by atoms with Gasteiger partial charge < -0.3 is 19.7 Å². The summed E-state index contributed by atoms with van der Waals surface area (Å²) in [6.07, 6.45) is 12.5. The van der Waals surface area contributed by atoms with Gasteiger partial charge in [0.05, 0.1) is 11.8 Å². The second-order valence-corrected chi connectivity index (χ2v) is 8.89. The number of aromatic amines is 1. The van der Waals surface area contributed by atoms with Gasteiger partial charge in [-0.05, 0) is 58.0 Å². The Morgan fingerprint density at radius 2 is 2.00 bits per heavy atom. The smallest absolute Gasteiger partial charge is 0.0698 e. The van der Waals surface area contributed by atoms with E-state index in [0.29, 0.717) is 17.4 Å². The van der Waals surface area contributed by atoms with Crippen LogP contribution in [0.25, 0.3) is 0 Å². The Balaban J connectivity index is 0.00000225. The molecule has 1 spiro atoms. The van der Waals surface area contributed by atoms with Gasteiger partial charge >= 0.3 is 0 Å². The number of likely N-dealkylation sites (N-methyl/N-ethyl adjacent to an activating group) is 2. The first-order valence-corrected chi connectivity index (χ1v) is 11.1. The lowest BCUT2D eigenvalue weighted by Crippen LogP contribution is -2.41. The minimum absolute atomic E-state index is 0. The van der Waals surface area contributed by atoms with Crippen LogP contribution in [0, 0.1) is 5.41 Å². The normalized spacial score (nSPS) is 22.8. The SMILES string of the molecule is CNCCN(C)Cc1c[nH]nc1C1CCC(OCCCOC)C2(CCCC2)C1.Cl.Cl. The quantitative estimate of drug-likeness (QED) is 0.481. The number of halogens is 2. The molecule has 8 heteroatoms. The number of hydrogen-bond acceptors (Lipinski definition) is 5. The molecule has 1 aromatic rings. The van der Waals surface area contributed by atoms with Gasteiger partial charge in [0, 0.05) is 57.6 Å². The summed E-state index contributed by atoms with van der Waals surface area (Å²) in [4.78, 5) is 2.38. The van der Waals surface area contributed by atoms with Gasteiger partial charge in [-0.2, -0.15) is 5.10 Å². The lowest BCUT2D eigenvalue weighted by molar-refractivity contribution is -0.0736. The summed E-state index contributed by atoms with van der Waals surface area (Å²) in [6.45, 7) is 4.65. The number of H-pyrrole nitrogens is 1. The van der Waals surface area contributed by atoms with Crippen molar-refractivity contribution in [2.24, 2.45) is 5.41 Å². The zero-order valence-electron chi connectivity index (χ0n) is 19.0. The Hall–Kier alpha value is -0.370. The second kappa shape index (κ2) is 13.9. The molecule has 3 rings (SSSR count). The fourth-order valence-electron chi connectivity index (χ4n) is 5.39. The highest BCUT2D eigenvalue weighted by atomic mass is 35.5. The van der Waals surface area contributed by atoms with E-state index in [1.165, 1.54) is 56.2 Å². The Kier molecular flexibility index (Phi) is 12.8. The van der Waals surface area contributed by atoms with Gasteiger partial charge in [0.2, 0.25) is 0 Å². The largest absolute Gasteiger partial charge is 0.385 e. The first kappa shape index (κ1) is 27.7. The van der Waals surface area contributed by atoms with Gasteiger partial charge in [-0.3, -0.25) is 5.10 Å². The summed E-state index contributed by atoms with van der Waals surface area (Å²) in [5.41, 5.74) is 3.04. The molecular formula is C22H42Cl2N4O2. The third-order valence-corrected chi connectivity index (χ3v) is 6.85. The van der Waals surface area contributed by atoms with Crippen molar-refractivity contribution < 1.29 is 9.47 Å². The number of aromatic nitrogens is 2. The van der Waals surface area contributed by atoms with E-state index in [1.54, 1.807) is 7.11 Å². The molecule has 0 bridgehead atoms. The van der Waals surface area contributed by atoms with Gasteiger partial charge in [0.25, 0.3) is 0 Å². The number of methoxy groups -OCH3 is 1. The molecule has 0 aliphatic heterocycles. The zero-order chi connectivity index (χ0) is 19.8. The molecule has 2 unspecified atom stereocenters. The molecule has 2 fully saturated rings. The van der Waals surface area contributed by atoms with Gasteiger partial charge in [0.15, 0.2) is 0 Å². The summed E-state index contributed by atoms with van der Waals surface area (Å²) in [5.74, 6) is 0.566. The number of nitrogens with zero attached hydrogens (tertiary/aromatic N) is 2. The van der Waals surface area contributed by atoms with E-state index in [2.05, 4.69) is 28.6 Å². The molecular weight excluding hydrogens is 423 g/mol. The van der Waals surface area contributed by atoms with Gasteiger partial charge in [-0.15, -0.1) is 24.8 Å². The van der Waals surface area contributed by atoms with Crippen LogP contribution in [0.2, 0.25) is 0 Å². The maximum Gasteiger partial charge on any atom is 0.0698 e. The van der Waals surface area contributed by atoms with Crippen molar-refractivity contribution in [1.29, 1.82) is 0 Å². The Morgan fingerprint density at radius 1 is 1.23 bits per heavy atom. The second-order valence-electron chi connectivity index (χ2n) is 8.89. The maximum atomic E-state index is 6.40. The van der Waals surface area contributed by atoms with Crippen molar-refractivity contribution >= 4 is 24.8 Å². The summed E-state index contributed by atoms with van der Waals surface area (Å²) >= 11 is 0. The number of rotatable bonds is 11. The molecule has 1 heterocycles. The van der Waals surface area contributed by atoms with Crippen molar-refractivity contribution in [3.05, 3.63) is 17.5 Å². The molecule has 0 radical (unpaired) electrons. The first-order valence-electron chi connectivity index (χ1n) is 11.1. The fourth-order valence-corrected chi connectivity index (χ4v) is 5.39. The van der Waals surface area contributed by atoms with E-state index < -0.39 is 0 Å². The van der Waals surface area contributed by atoms with Crippen LogP contribution in [-0.2, 0) is 16.0 Å². The summed E-state index contributed by atoms with van der Waals surface area (Å²) in [7, 11) is 5.96. The highest BCUT2D eigenvalue weighted by Crippen LogP contribution is 2.54. The van der Waals surface area contributed by atoms with Crippen molar-refractivity contribution in [1.82, 2.24) is 20.4 Å². The van der Waals surface area contributed by atoms with Crippen LogP contribution in [-0.4, -0.2) is 68.7 Å². The van der Waals surface area contributed by atoms with Gasteiger partial charge in [-0.1, -0.05) is 12.8 Å². The lowest BCUT2D eigenvalue weighted by atomic mass is 9.65. The predicted octanol–water partition coefficient (Wildman–Crippen LogP) is 4.15. The third-order valence-electron chi connectivity index (χ3n) is 6.85. The summed E-state index contributed by atoms with van der Waals surface area (Å²) < 4.78 is 11.6. The standard InChI is InChI=1S/C22H40N4O2.2ClH/c1-23-11-12-26(2)17-19-16-24-25-21(19)18-7-8-20(28-14-6-13-27-3)22(15-18)9-4-5-10-22;;/h16,18,20,23H,4-15,17H2,1-3H3,(H,24,25);2*1H. The van der Waals surface area contributed by atoms with Crippen LogP contribution in [0.5, 0.6) is 0 Å². The van der Waals surface area contributed by atoms with Gasteiger partial charge in [0.1, 0.15) is 0 Å². The van der Waals surface area contributed by atoms with Crippen molar-refractivity contribution in [2.45, 2.75) is 69.9 Å². The molecule has 2 aliphatic rings. The Morgan fingerprint density at radius 3 is 2.70 bits per heavy atom. The average Bonchev–Trinajstić information content (AvgIpc) is 3.35. The third kappa shape index (κ3) is 7.07. The highest BCUT2D eigenvalue weighted by molar-refractivity contribution is 5.85. The zero-order valence-corrected chi connectivity index (χ0v) is 20.6. The summed E-state index contributed by atoms with van der Waals surface area (Å²) in [5, 5.41) is 11.1. The van der Waals surface area contributed by atoms with E-state index in [0.717, 1.165) is 39.3 Å². The molecule has 2 atom stereocenters. The molecule has 2 aliphatic carbocycles. The summed E-state index contributed by atoms with van der Waals surface area (Å²) in [6, 6.07) is 0. The maximum absolute atomic E-state index is 6.40. The van der Waals surface area contributed by atoms with Crippen molar-refractivity contribution in [3.63, 3.8) is 0 Å². The van der Waals surface area contributed by atoms with E-state index in [9.17, 15) is 0 Å². The van der Waals surface area contributed by atoms with Gasteiger partial charge in [-0.25, -0.2) is 0 Å². The number of ether oxygens (including phenoxy) is 2. The minimum atomic E-state index is 0. The highest BCUT2D eigenvalue weighted by Gasteiger charge is 2.47. The predicted molar refractivity (Wildman–Crippen MR) is 127 cm³/mol.